The predicted molar refractivity (Wildman–Crippen MR) is 112 cm³/mol. The van der Waals surface area contributed by atoms with E-state index in [-0.39, 0.29) is 5.97 Å². The van der Waals surface area contributed by atoms with Gasteiger partial charge in [0.2, 0.25) is 5.72 Å². The van der Waals surface area contributed by atoms with Gasteiger partial charge in [-0.25, -0.2) is 9.79 Å². The molecule has 0 bridgehead atoms. The molecule has 0 saturated heterocycles. The first-order valence-corrected chi connectivity index (χ1v) is 9.48. The normalized spacial score (nSPS) is 21.0. The molecule has 0 amide bonds. The number of nitrogens with zero attached hydrogens (tertiary/aromatic N) is 3. The van der Waals surface area contributed by atoms with Crippen LogP contribution in [0, 0.1) is 0 Å². The summed E-state index contributed by atoms with van der Waals surface area (Å²) in [5.41, 5.74) is 2.51. The average Bonchev–Trinajstić information content (AvgIpc) is 2.91. The Bertz CT molecular complexity index is 1200. The number of esters is 1. The second-order valence-electron chi connectivity index (χ2n) is 7.92. The van der Waals surface area contributed by atoms with Gasteiger partial charge < -0.3 is 14.4 Å². The molecule has 2 aliphatic heterocycles. The fraction of sp³-hybridized carbons (Fsp3) is 0.261. The van der Waals surface area contributed by atoms with Crippen LogP contribution in [0.15, 0.2) is 53.7 Å². The standard InChI is InChI=1S/C23H21N3O3/c1-22(2)16-9-5-8-15(21(27)28-4)20(16)26(3)23(22)13-25-19-17(29-23)11-10-14-7-6-12-24-18(14)19/h5-13H,1-4H3. The van der Waals surface area contributed by atoms with Crippen LogP contribution in [0.4, 0.5) is 11.4 Å². The maximum absolute atomic E-state index is 12.4. The SMILES string of the molecule is COC(=O)c1cccc2c1N(C)C1(C=Nc3c(ccc4cccnc34)O1)C2(C)C. The van der Waals surface area contributed by atoms with Gasteiger partial charge >= 0.3 is 5.97 Å². The van der Waals surface area contributed by atoms with Gasteiger partial charge in [0.1, 0.15) is 5.69 Å². The van der Waals surface area contributed by atoms with Crippen molar-refractivity contribution in [1.82, 2.24) is 4.98 Å². The molecule has 0 saturated carbocycles. The van der Waals surface area contributed by atoms with Crippen LogP contribution in [-0.4, -0.2) is 37.1 Å². The van der Waals surface area contributed by atoms with Gasteiger partial charge in [0, 0.05) is 18.6 Å². The highest BCUT2D eigenvalue weighted by atomic mass is 16.5. The van der Waals surface area contributed by atoms with E-state index in [4.69, 9.17) is 14.5 Å². The van der Waals surface area contributed by atoms with Crippen molar-refractivity contribution in [3.8, 4) is 5.75 Å². The molecule has 1 aromatic heterocycles. The van der Waals surface area contributed by atoms with Crippen molar-refractivity contribution in [1.29, 1.82) is 0 Å². The Morgan fingerprint density at radius 1 is 1.14 bits per heavy atom. The molecule has 3 heterocycles. The fourth-order valence-corrected chi connectivity index (χ4v) is 4.57. The molecule has 2 aromatic carbocycles. The minimum Gasteiger partial charge on any atom is -0.465 e. The summed E-state index contributed by atoms with van der Waals surface area (Å²) >= 11 is 0. The number of fused-ring (bicyclic) bond motifs is 4. The first kappa shape index (κ1) is 17.7. The number of hydrogen-bond acceptors (Lipinski definition) is 6. The Morgan fingerprint density at radius 2 is 1.97 bits per heavy atom. The number of rotatable bonds is 1. The third-order valence-electron chi connectivity index (χ3n) is 6.19. The number of pyridine rings is 1. The Kier molecular flexibility index (Phi) is 3.53. The fourth-order valence-electron chi connectivity index (χ4n) is 4.57. The molecule has 1 atom stereocenters. The van der Waals surface area contributed by atoms with Crippen molar-refractivity contribution in [2.45, 2.75) is 25.0 Å². The van der Waals surface area contributed by atoms with Crippen LogP contribution in [0.1, 0.15) is 29.8 Å². The summed E-state index contributed by atoms with van der Waals surface area (Å²) < 4.78 is 11.7. The lowest BCUT2D eigenvalue weighted by atomic mass is 9.77. The Labute approximate surface area is 168 Å². The number of para-hydroxylation sites is 1. The van der Waals surface area contributed by atoms with Crippen molar-refractivity contribution < 1.29 is 14.3 Å². The lowest BCUT2D eigenvalue weighted by Gasteiger charge is -2.44. The van der Waals surface area contributed by atoms with E-state index >= 15 is 0 Å². The van der Waals surface area contributed by atoms with Gasteiger partial charge in [-0.05, 0) is 43.7 Å². The van der Waals surface area contributed by atoms with E-state index in [2.05, 4.69) is 18.8 Å². The number of aliphatic imine (C=N–C) groups is 1. The third kappa shape index (κ3) is 2.14. The molecule has 0 N–H and O–H groups in total. The summed E-state index contributed by atoms with van der Waals surface area (Å²) in [6.07, 6.45) is 3.59. The van der Waals surface area contributed by atoms with Gasteiger partial charge in [-0.15, -0.1) is 0 Å². The summed E-state index contributed by atoms with van der Waals surface area (Å²) in [4.78, 5) is 23.7. The molecule has 0 aliphatic carbocycles. The van der Waals surface area contributed by atoms with E-state index < -0.39 is 11.1 Å². The van der Waals surface area contributed by atoms with Crippen LogP contribution in [0.3, 0.4) is 0 Å². The smallest absolute Gasteiger partial charge is 0.339 e. The number of aromatic nitrogens is 1. The average molecular weight is 387 g/mol. The van der Waals surface area contributed by atoms with Crippen LogP contribution in [0.25, 0.3) is 10.9 Å². The Hall–Kier alpha value is -3.41. The van der Waals surface area contributed by atoms with E-state index in [1.807, 2.05) is 54.6 Å². The number of hydrogen-bond donors (Lipinski definition) is 0. The molecule has 146 valence electrons. The van der Waals surface area contributed by atoms with Crippen LogP contribution >= 0.6 is 0 Å². The van der Waals surface area contributed by atoms with E-state index in [0.717, 1.165) is 27.8 Å². The molecule has 6 nitrogen and oxygen atoms in total. The maximum atomic E-state index is 12.4. The van der Waals surface area contributed by atoms with Gasteiger partial charge in [-0.2, -0.15) is 0 Å². The van der Waals surface area contributed by atoms with Crippen molar-refractivity contribution in [2.75, 3.05) is 19.1 Å². The summed E-state index contributed by atoms with van der Waals surface area (Å²) in [6.45, 7) is 4.21. The number of methoxy groups -OCH3 is 1. The molecule has 3 aromatic rings. The predicted octanol–water partition coefficient (Wildman–Crippen LogP) is 4.24. The number of likely N-dealkylation sites (N-methyl/N-ethyl adjacent to an activating group) is 1. The van der Waals surface area contributed by atoms with Gasteiger partial charge in [0.05, 0.1) is 35.5 Å². The van der Waals surface area contributed by atoms with Crippen LogP contribution in [0.2, 0.25) is 0 Å². The lowest BCUT2D eigenvalue weighted by molar-refractivity contribution is 0.0600. The largest absolute Gasteiger partial charge is 0.465 e. The maximum Gasteiger partial charge on any atom is 0.339 e. The number of benzene rings is 2. The summed E-state index contributed by atoms with van der Waals surface area (Å²) in [5, 5.41) is 1.01. The van der Waals surface area contributed by atoms with Crippen molar-refractivity contribution >= 4 is 34.5 Å². The topological polar surface area (TPSA) is 64.0 Å². The zero-order valence-electron chi connectivity index (χ0n) is 16.8. The van der Waals surface area contributed by atoms with Crippen molar-refractivity contribution in [3.05, 3.63) is 59.8 Å². The molecule has 2 aliphatic rings. The summed E-state index contributed by atoms with van der Waals surface area (Å²) in [6, 6.07) is 13.5. The highest BCUT2D eigenvalue weighted by molar-refractivity contribution is 6.02. The number of anilines is 1. The summed E-state index contributed by atoms with van der Waals surface area (Å²) in [7, 11) is 3.32. The highest BCUT2D eigenvalue weighted by Gasteiger charge is 2.59. The summed E-state index contributed by atoms with van der Waals surface area (Å²) in [5.74, 6) is 0.302. The van der Waals surface area contributed by atoms with E-state index in [1.54, 1.807) is 12.3 Å². The monoisotopic (exact) mass is 387 g/mol. The van der Waals surface area contributed by atoms with Gasteiger partial charge in [0.15, 0.2) is 5.75 Å². The molecule has 0 radical (unpaired) electrons. The molecule has 29 heavy (non-hydrogen) atoms. The second kappa shape index (κ2) is 5.80. The first-order chi connectivity index (χ1) is 13.9. The Morgan fingerprint density at radius 3 is 2.76 bits per heavy atom. The number of carbonyl (C=O) groups is 1. The van der Waals surface area contributed by atoms with Gasteiger partial charge in [-0.1, -0.05) is 18.2 Å². The molecule has 5 rings (SSSR count). The molecule has 1 spiro atoms. The highest BCUT2D eigenvalue weighted by Crippen LogP contribution is 2.55. The van der Waals surface area contributed by atoms with Crippen molar-refractivity contribution in [2.24, 2.45) is 4.99 Å². The van der Waals surface area contributed by atoms with Crippen molar-refractivity contribution in [3.63, 3.8) is 0 Å². The first-order valence-electron chi connectivity index (χ1n) is 9.48. The third-order valence-corrected chi connectivity index (χ3v) is 6.19. The van der Waals surface area contributed by atoms with E-state index in [1.165, 1.54) is 7.11 Å². The Balaban J connectivity index is 1.70. The van der Waals surface area contributed by atoms with Gasteiger partial charge in [0.25, 0.3) is 0 Å². The van der Waals surface area contributed by atoms with E-state index in [0.29, 0.717) is 11.3 Å². The second-order valence-corrected chi connectivity index (χ2v) is 7.92. The molecule has 0 fully saturated rings. The van der Waals surface area contributed by atoms with Crippen LogP contribution in [-0.2, 0) is 10.2 Å². The van der Waals surface area contributed by atoms with E-state index in [9.17, 15) is 4.79 Å². The minimum atomic E-state index is -0.880. The van der Waals surface area contributed by atoms with Gasteiger partial charge in [-0.3, -0.25) is 4.98 Å². The minimum absolute atomic E-state index is 0.370. The number of carbonyl (C=O) groups excluding carboxylic acids is 1. The lowest BCUT2D eigenvalue weighted by Crippen LogP contribution is -2.61. The molecular formula is C23H21N3O3. The van der Waals surface area contributed by atoms with Crippen LogP contribution < -0.4 is 9.64 Å². The number of ether oxygens (including phenoxy) is 2. The molecule has 1 unspecified atom stereocenters. The quantitative estimate of drug-likeness (QED) is 0.585. The molecule has 6 heteroatoms. The zero-order valence-corrected chi connectivity index (χ0v) is 16.8. The van der Waals surface area contributed by atoms with Crippen LogP contribution in [0.5, 0.6) is 5.75 Å². The zero-order chi connectivity index (χ0) is 20.4. The molecular weight excluding hydrogens is 366 g/mol.